The Morgan fingerprint density at radius 3 is 2.43 bits per heavy atom. The second kappa shape index (κ2) is 8.80. The van der Waals surface area contributed by atoms with Crippen LogP contribution in [0.25, 0.3) is 0 Å². The number of carbonyl (C=O) groups is 3. The van der Waals surface area contributed by atoms with E-state index in [1.54, 1.807) is 19.2 Å². The Kier molecular flexibility index (Phi) is 6.21. The first-order valence-corrected chi connectivity index (χ1v) is 9.44. The standard InChI is InChI=1S/C22H24N2O4/c1-3-5-15-6-9-17(10-7-15)23-20(25)16-8-11-18-19(14-16)22(27)24(21(18)26)12-4-13-28-2/h6-11,14H,3-5,12-13H2,1-2H3,(H,23,25). The summed E-state index contributed by atoms with van der Waals surface area (Å²) in [4.78, 5) is 38.8. The van der Waals surface area contributed by atoms with Gasteiger partial charge in [-0.15, -0.1) is 0 Å². The summed E-state index contributed by atoms with van der Waals surface area (Å²) in [6.45, 7) is 2.89. The van der Waals surface area contributed by atoms with Crippen LogP contribution in [0.4, 0.5) is 5.69 Å². The maximum atomic E-state index is 12.6. The van der Waals surface area contributed by atoms with E-state index in [0.717, 1.165) is 12.8 Å². The highest BCUT2D eigenvalue weighted by Crippen LogP contribution is 2.24. The van der Waals surface area contributed by atoms with Crippen LogP contribution < -0.4 is 5.32 Å². The fraction of sp³-hybridized carbons (Fsp3) is 0.318. The highest BCUT2D eigenvalue weighted by atomic mass is 16.5. The maximum absolute atomic E-state index is 12.6. The fourth-order valence-electron chi connectivity index (χ4n) is 3.25. The minimum Gasteiger partial charge on any atom is -0.385 e. The monoisotopic (exact) mass is 380 g/mol. The van der Waals surface area contributed by atoms with Gasteiger partial charge in [0.2, 0.25) is 0 Å². The zero-order chi connectivity index (χ0) is 20.1. The van der Waals surface area contributed by atoms with Crippen LogP contribution in [-0.2, 0) is 11.2 Å². The number of ether oxygens (including phenoxy) is 1. The minimum absolute atomic E-state index is 0.272. The van der Waals surface area contributed by atoms with E-state index in [1.165, 1.54) is 16.5 Å². The minimum atomic E-state index is -0.366. The average molecular weight is 380 g/mol. The first-order chi connectivity index (χ1) is 13.5. The van der Waals surface area contributed by atoms with Crippen molar-refractivity contribution in [3.63, 3.8) is 0 Å². The number of nitrogens with one attached hydrogen (secondary N) is 1. The predicted octanol–water partition coefficient (Wildman–Crippen LogP) is 3.52. The topological polar surface area (TPSA) is 75.7 Å². The van der Waals surface area contributed by atoms with Gasteiger partial charge in [0.25, 0.3) is 17.7 Å². The summed E-state index contributed by atoms with van der Waals surface area (Å²) in [5.41, 5.74) is 2.86. The highest BCUT2D eigenvalue weighted by molar-refractivity contribution is 6.22. The maximum Gasteiger partial charge on any atom is 0.261 e. The molecule has 1 aliphatic heterocycles. The second-order valence-electron chi connectivity index (χ2n) is 6.77. The number of fused-ring (bicyclic) bond motifs is 1. The molecule has 2 aromatic carbocycles. The molecule has 0 fully saturated rings. The molecule has 6 heteroatoms. The number of nitrogens with zero attached hydrogens (tertiary/aromatic N) is 1. The number of amides is 3. The van der Waals surface area contributed by atoms with Gasteiger partial charge in [0.1, 0.15) is 0 Å². The van der Waals surface area contributed by atoms with Crippen molar-refractivity contribution in [2.24, 2.45) is 0 Å². The Bertz CT molecular complexity index is 890. The summed E-state index contributed by atoms with van der Waals surface area (Å²) >= 11 is 0. The Hall–Kier alpha value is -2.99. The molecule has 0 bridgehead atoms. The lowest BCUT2D eigenvalue weighted by Crippen LogP contribution is -2.31. The smallest absolute Gasteiger partial charge is 0.261 e. The quantitative estimate of drug-likeness (QED) is 0.562. The van der Waals surface area contributed by atoms with Gasteiger partial charge in [-0.1, -0.05) is 25.5 Å². The van der Waals surface area contributed by atoms with E-state index in [0.29, 0.717) is 36.4 Å². The number of carbonyl (C=O) groups excluding carboxylic acids is 3. The van der Waals surface area contributed by atoms with Crippen molar-refractivity contribution >= 4 is 23.4 Å². The molecule has 28 heavy (non-hydrogen) atoms. The summed E-state index contributed by atoms with van der Waals surface area (Å²) in [7, 11) is 1.57. The van der Waals surface area contributed by atoms with Gasteiger partial charge in [0, 0.05) is 31.5 Å². The molecular weight excluding hydrogens is 356 g/mol. The first-order valence-electron chi connectivity index (χ1n) is 9.44. The van der Waals surface area contributed by atoms with E-state index in [1.807, 2.05) is 24.3 Å². The Labute approximate surface area is 164 Å². The summed E-state index contributed by atoms with van der Waals surface area (Å²) in [6.07, 6.45) is 2.63. The summed E-state index contributed by atoms with van der Waals surface area (Å²) in [5.74, 6) is -1.01. The molecule has 0 spiro atoms. The van der Waals surface area contributed by atoms with Crippen molar-refractivity contribution in [1.82, 2.24) is 4.90 Å². The molecule has 2 aromatic rings. The van der Waals surface area contributed by atoms with Crippen LogP contribution in [0.2, 0.25) is 0 Å². The molecule has 3 amide bonds. The van der Waals surface area contributed by atoms with E-state index in [4.69, 9.17) is 4.74 Å². The first kappa shape index (κ1) is 19.8. The lowest BCUT2D eigenvalue weighted by atomic mass is 10.0. The fourth-order valence-corrected chi connectivity index (χ4v) is 3.25. The number of aryl methyl sites for hydroxylation is 1. The van der Waals surface area contributed by atoms with Crippen LogP contribution in [0.5, 0.6) is 0 Å². The number of anilines is 1. The van der Waals surface area contributed by atoms with Crippen LogP contribution in [-0.4, -0.2) is 42.9 Å². The molecule has 6 nitrogen and oxygen atoms in total. The number of benzene rings is 2. The van der Waals surface area contributed by atoms with Gasteiger partial charge in [-0.25, -0.2) is 0 Å². The molecular formula is C22H24N2O4. The van der Waals surface area contributed by atoms with Gasteiger partial charge in [-0.05, 0) is 48.7 Å². The molecule has 1 N–H and O–H groups in total. The molecule has 0 aliphatic carbocycles. The van der Waals surface area contributed by atoms with Crippen molar-refractivity contribution in [1.29, 1.82) is 0 Å². The molecule has 0 saturated carbocycles. The molecule has 1 aliphatic rings. The molecule has 0 aromatic heterocycles. The lowest BCUT2D eigenvalue weighted by Gasteiger charge is -2.12. The zero-order valence-corrected chi connectivity index (χ0v) is 16.2. The van der Waals surface area contributed by atoms with E-state index >= 15 is 0 Å². The van der Waals surface area contributed by atoms with Gasteiger partial charge in [-0.3, -0.25) is 19.3 Å². The number of hydrogen-bond donors (Lipinski definition) is 1. The van der Waals surface area contributed by atoms with E-state index in [-0.39, 0.29) is 23.3 Å². The Morgan fingerprint density at radius 1 is 1.04 bits per heavy atom. The van der Waals surface area contributed by atoms with E-state index in [2.05, 4.69) is 12.2 Å². The summed E-state index contributed by atoms with van der Waals surface area (Å²) in [6, 6.07) is 12.3. The number of rotatable bonds is 8. The summed E-state index contributed by atoms with van der Waals surface area (Å²) < 4.78 is 4.98. The third-order valence-corrected chi connectivity index (χ3v) is 4.71. The van der Waals surface area contributed by atoms with Crippen LogP contribution in [0.15, 0.2) is 42.5 Å². The lowest BCUT2D eigenvalue weighted by molar-refractivity contribution is 0.0638. The van der Waals surface area contributed by atoms with Crippen LogP contribution in [0.1, 0.15) is 56.4 Å². The Balaban J connectivity index is 1.72. The number of imide groups is 1. The molecule has 0 saturated heterocycles. The zero-order valence-electron chi connectivity index (χ0n) is 16.2. The average Bonchev–Trinajstić information content (AvgIpc) is 2.94. The molecule has 1 heterocycles. The third-order valence-electron chi connectivity index (χ3n) is 4.71. The normalized spacial score (nSPS) is 13.0. The van der Waals surface area contributed by atoms with Crippen LogP contribution in [0, 0.1) is 0 Å². The van der Waals surface area contributed by atoms with Gasteiger partial charge in [0.15, 0.2) is 0 Å². The van der Waals surface area contributed by atoms with Crippen molar-refractivity contribution in [3.8, 4) is 0 Å². The van der Waals surface area contributed by atoms with Crippen LogP contribution >= 0.6 is 0 Å². The molecule has 3 rings (SSSR count). The molecule has 0 unspecified atom stereocenters. The van der Waals surface area contributed by atoms with Crippen molar-refractivity contribution in [2.45, 2.75) is 26.2 Å². The van der Waals surface area contributed by atoms with Crippen molar-refractivity contribution in [2.75, 3.05) is 25.6 Å². The van der Waals surface area contributed by atoms with Gasteiger partial charge >= 0.3 is 0 Å². The van der Waals surface area contributed by atoms with Crippen molar-refractivity contribution in [3.05, 3.63) is 64.7 Å². The van der Waals surface area contributed by atoms with Crippen LogP contribution in [0.3, 0.4) is 0 Å². The molecule has 146 valence electrons. The van der Waals surface area contributed by atoms with Crippen molar-refractivity contribution < 1.29 is 19.1 Å². The summed E-state index contributed by atoms with van der Waals surface area (Å²) in [5, 5.41) is 2.83. The van der Waals surface area contributed by atoms with Gasteiger partial charge in [0.05, 0.1) is 11.1 Å². The van der Waals surface area contributed by atoms with Gasteiger partial charge < -0.3 is 10.1 Å². The van der Waals surface area contributed by atoms with E-state index < -0.39 is 0 Å². The number of methoxy groups -OCH3 is 1. The largest absolute Gasteiger partial charge is 0.385 e. The SMILES string of the molecule is CCCc1ccc(NC(=O)c2ccc3c(c2)C(=O)N(CCCOC)C3=O)cc1. The molecule has 0 radical (unpaired) electrons. The highest BCUT2D eigenvalue weighted by Gasteiger charge is 2.35. The molecule has 0 atom stereocenters. The third kappa shape index (κ3) is 4.12. The number of hydrogen-bond acceptors (Lipinski definition) is 4. The van der Waals surface area contributed by atoms with E-state index in [9.17, 15) is 14.4 Å². The second-order valence-corrected chi connectivity index (χ2v) is 6.77. The Morgan fingerprint density at radius 2 is 1.75 bits per heavy atom. The van der Waals surface area contributed by atoms with Gasteiger partial charge in [-0.2, -0.15) is 0 Å². The predicted molar refractivity (Wildman–Crippen MR) is 107 cm³/mol.